The van der Waals surface area contributed by atoms with Crippen molar-refractivity contribution < 1.29 is 14.7 Å². The number of aromatic carboxylic acids is 1. The predicted molar refractivity (Wildman–Crippen MR) is 56.0 cm³/mol. The maximum absolute atomic E-state index is 11.7. The number of carboxylic acid groups (broad SMARTS) is 1. The largest absolute Gasteiger partial charge is 0.477 e. The molecule has 0 spiro atoms. The molecule has 0 amide bonds. The number of carbonyl (C=O) groups is 2. The Bertz CT molecular complexity index is 537. The van der Waals surface area contributed by atoms with Gasteiger partial charge in [0.2, 0.25) is 5.91 Å². The minimum Gasteiger partial charge on any atom is -0.477 e. The third kappa shape index (κ3) is 1.53. The van der Waals surface area contributed by atoms with E-state index in [4.69, 9.17) is 5.11 Å². The van der Waals surface area contributed by atoms with E-state index in [2.05, 4.69) is 4.98 Å². The molecule has 1 unspecified atom stereocenters. The van der Waals surface area contributed by atoms with E-state index in [1.807, 2.05) is 6.92 Å². The second kappa shape index (κ2) is 3.75. The quantitative estimate of drug-likeness (QED) is 0.755. The maximum atomic E-state index is 11.7. The predicted octanol–water partition coefficient (Wildman–Crippen LogP) is 0.466. The van der Waals surface area contributed by atoms with Crippen molar-refractivity contribution in [3.8, 4) is 0 Å². The van der Waals surface area contributed by atoms with Gasteiger partial charge in [-0.05, 0) is 6.42 Å². The monoisotopic (exact) mass is 240 g/mol. The Labute approximate surface area is 94.3 Å². The first kappa shape index (κ1) is 10.9. The molecule has 6 nitrogen and oxygen atoms in total. The number of nitrogens with zero attached hydrogens (tertiary/aromatic N) is 2. The second-order valence-electron chi connectivity index (χ2n) is 3.26. The van der Waals surface area contributed by atoms with E-state index in [1.54, 1.807) is 0 Å². The number of hydrogen-bond acceptors (Lipinski definition) is 5. The zero-order chi connectivity index (χ0) is 11.9. The lowest BCUT2D eigenvalue weighted by molar-refractivity contribution is 0.0686. The SMILES string of the molecule is CCC1Sc2nc(C(=O)O)cc(=O)n2C1=O. The van der Waals surface area contributed by atoms with E-state index in [-0.39, 0.29) is 22.0 Å². The maximum Gasteiger partial charge on any atom is 0.354 e. The molecule has 0 radical (unpaired) electrons. The highest BCUT2D eigenvalue weighted by Crippen LogP contribution is 2.30. The molecule has 0 saturated carbocycles. The lowest BCUT2D eigenvalue weighted by Crippen LogP contribution is -2.29. The van der Waals surface area contributed by atoms with Crippen LogP contribution in [0.15, 0.2) is 16.0 Å². The standard InChI is InChI=1S/C9H8N2O4S/c1-2-5-7(13)11-6(12)3-4(8(14)15)10-9(11)16-5/h3,5H,2H2,1H3,(H,14,15). The van der Waals surface area contributed by atoms with Gasteiger partial charge in [-0.3, -0.25) is 9.59 Å². The highest BCUT2D eigenvalue weighted by Gasteiger charge is 2.32. The molecule has 0 aromatic carbocycles. The zero-order valence-electron chi connectivity index (χ0n) is 8.34. The van der Waals surface area contributed by atoms with Crippen LogP contribution in [-0.2, 0) is 0 Å². The molecule has 1 aliphatic rings. The van der Waals surface area contributed by atoms with Crippen molar-refractivity contribution in [2.45, 2.75) is 23.8 Å². The summed E-state index contributed by atoms with van der Waals surface area (Å²) in [7, 11) is 0. The lowest BCUT2D eigenvalue weighted by atomic mass is 10.3. The van der Waals surface area contributed by atoms with Crippen molar-refractivity contribution in [2.24, 2.45) is 0 Å². The molecule has 2 heterocycles. The molecule has 0 saturated heterocycles. The Morgan fingerprint density at radius 2 is 2.31 bits per heavy atom. The van der Waals surface area contributed by atoms with Crippen LogP contribution in [0.3, 0.4) is 0 Å². The van der Waals surface area contributed by atoms with Gasteiger partial charge in [-0.25, -0.2) is 14.3 Å². The summed E-state index contributed by atoms with van der Waals surface area (Å²) >= 11 is 1.13. The van der Waals surface area contributed by atoms with Gasteiger partial charge in [-0.15, -0.1) is 0 Å². The first-order chi connectivity index (χ1) is 7.54. The Balaban J connectivity index is 2.58. The third-order valence-electron chi connectivity index (χ3n) is 2.22. The van der Waals surface area contributed by atoms with Crippen LogP contribution in [0.1, 0.15) is 28.6 Å². The Morgan fingerprint density at radius 3 is 2.88 bits per heavy atom. The van der Waals surface area contributed by atoms with E-state index >= 15 is 0 Å². The van der Waals surface area contributed by atoms with Gasteiger partial charge in [0.05, 0.1) is 5.25 Å². The molecule has 0 fully saturated rings. The normalized spacial score (nSPS) is 18.6. The Hall–Kier alpha value is -1.63. The molecule has 1 aromatic rings. The highest BCUT2D eigenvalue weighted by atomic mass is 32.2. The van der Waals surface area contributed by atoms with Crippen LogP contribution in [-0.4, -0.2) is 31.8 Å². The van der Waals surface area contributed by atoms with E-state index in [0.717, 1.165) is 22.4 Å². The molecule has 1 N–H and O–H groups in total. The van der Waals surface area contributed by atoms with Crippen molar-refractivity contribution in [1.29, 1.82) is 0 Å². The fraction of sp³-hybridized carbons (Fsp3) is 0.333. The summed E-state index contributed by atoms with van der Waals surface area (Å²) in [6.45, 7) is 1.82. The second-order valence-corrected chi connectivity index (χ2v) is 4.43. The number of hydrogen-bond donors (Lipinski definition) is 1. The Morgan fingerprint density at radius 1 is 1.62 bits per heavy atom. The molecule has 1 atom stereocenters. The summed E-state index contributed by atoms with van der Waals surface area (Å²) in [5, 5.41) is 8.55. The van der Waals surface area contributed by atoms with Crippen LogP contribution in [0.25, 0.3) is 0 Å². The summed E-state index contributed by atoms with van der Waals surface area (Å²) in [5.41, 5.74) is -0.954. The van der Waals surface area contributed by atoms with Gasteiger partial charge >= 0.3 is 5.97 Å². The molecule has 84 valence electrons. The summed E-state index contributed by atoms with van der Waals surface area (Å²) in [6, 6.07) is 0.863. The van der Waals surface area contributed by atoms with Gasteiger partial charge in [-0.1, -0.05) is 18.7 Å². The average Bonchev–Trinajstić information content (AvgIpc) is 2.55. The van der Waals surface area contributed by atoms with Crippen molar-refractivity contribution in [3.05, 3.63) is 22.1 Å². The van der Waals surface area contributed by atoms with Crippen LogP contribution in [0.2, 0.25) is 0 Å². The number of carboxylic acids is 1. The molecule has 0 aliphatic carbocycles. The molecular formula is C9H8N2O4S. The smallest absolute Gasteiger partial charge is 0.354 e. The zero-order valence-corrected chi connectivity index (χ0v) is 9.15. The van der Waals surface area contributed by atoms with Gasteiger partial charge in [0, 0.05) is 6.07 Å². The summed E-state index contributed by atoms with van der Waals surface area (Å²) in [6.07, 6.45) is 0.578. The summed E-state index contributed by atoms with van der Waals surface area (Å²) in [4.78, 5) is 37.7. The first-order valence-corrected chi connectivity index (χ1v) is 5.50. The Kier molecular flexibility index (Phi) is 2.55. The number of carbonyl (C=O) groups excluding carboxylic acids is 1. The minimum absolute atomic E-state index is 0.168. The van der Waals surface area contributed by atoms with Crippen molar-refractivity contribution in [1.82, 2.24) is 9.55 Å². The van der Waals surface area contributed by atoms with Gasteiger partial charge in [0.25, 0.3) is 5.56 Å². The molecule has 1 aliphatic heterocycles. The fourth-order valence-corrected chi connectivity index (χ4v) is 2.50. The number of thioether (sulfide) groups is 1. The average molecular weight is 240 g/mol. The van der Waals surface area contributed by atoms with Crippen LogP contribution >= 0.6 is 11.8 Å². The van der Waals surface area contributed by atoms with Crippen LogP contribution in [0.4, 0.5) is 0 Å². The van der Waals surface area contributed by atoms with E-state index < -0.39 is 11.5 Å². The highest BCUT2D eigenvalue weighted by molar-refractivity contribution is 8.00. The lowest BCUT2D eigenvalue weighted by Gasteiger charge is -1.99. The van der Waals surface area contributed by atoms with Crippen LogP contribution in [0, 0.1) is 0 Å². The molecule has 0 bridgehead atoms. The van der Waals surface area contributed by atoms with Crippen LogP contribution in [0.5, 0.6) is 0 Å². The number of rotatable bonds is 2. The van der Waals surface area contributed by atoms with Gasteiger partial charge < -0.3 is 5.11 Å². The van der Waals surface area contributed by atoms with E-state index in [9.17, 15) is 14.4 Å². The van der Waals surface area contributed by atoms with Crippen molar-refractivity contribution in [2.75, 3.05) is 0 Å². The van der Waals surface area contributed by atoms with Gasteiger partial charge in [0.1, 0.15) is 0 Å². The molecule has 7 heteroatoms. The topological polar surface area (TPSA) is 89.3 Å². The summed E-state index contributed by atoms with van der Waals surface area (Å²) in [5.74, 6) is -1.59. The first-order valence-electron chi connectivity index (χ1n) is 4.63. The molecule has 1 aromatic heterocycles. The van der Waals surface area contributed by atoms with E-state index in [1.165, 1.54) is 0 Å². The number of fused-ring (bicyclic) bond motifs is 1. The third-order valence-corrected chi connectivity index (χ3v) is 3.53. The van der Waals surface area contributed by atoms with E-state index in [0.29, 0.717) is 6.42 Å². The van der Waals surface area contributed by atoms with Gasteiger partial charge in [0.15, 0.2) is 10.9 Å². The van der Waals surface area contributed by atoms with Gasteiger partial charge in [-0.2, -0.15) is 0 Å². The number of aromatic nitrogens is 2. The van der Waals surface area contributed by atoms with Crippen molar-refractivity contribution in [3.63, 3.8) is 0 Å². The van der Waals surface area contributed by atoms with Crippen molar-refractivity contribution >= 4 is 23.6 Å². The fourth-order valence-electron chi connectivity index (χ4n) is 1.43. The molecular weight excluding hydrogens is 232 g/mol. The summed E-state index contributed by atoms with van der Waals surface area (Å²) < 4.78 is 0.936. The molecule has 2 rings (SSSR count). The molecule has 16 heavy (non-hydrogen) atoms. The minimum atomic E-state index is -1.27. The van der Waals surface area contributed by atoms with Crippen LogP contribution < -0.4 is 5.56 Å².